The number of benzene rings is 2. The van der Waals surface area contributed by atoms with Crippen LogP contribution in [0.1, 0.15) is 52.7 Å². The zero-order chi connectivity index (χ0) is 32.4. The summed E-state index contributed by atoms with van der Waals surface area (Å²) in [6.07, 6.45) is -2.17. The number of carbonyl (C=O) groups excluding carboxylic acids is 1. The predicted octanol–water partition coefficient (Wildman–Crippen LogP) is 3.49. The van der Waals surface area contributed by atoms with E-state index in [9.17, 15) is 28.2 Å². The highest BCUT2D eigenvalue weighted by Gasteiger charge is 2.33. The molecule has 0 bridgehead atoms. The Morgan fingerprint density at radius 2 is 1.53 bits per heavy atom. The Morgan fingerprint density at radius 3 is 2.05 bits per heavy atom. The number of carboxylic acid groups (broad SMARTS) is 1. The van der Waals surface area contributed by atoms with Crippen LogP contribution in [0.5, 0.6) is 5.75 Å². The van der Waals surface area contributed by atoms with Gasteiger partial charge >= 0.3 is 6.09 Å². The van der Waals surface area contributed by atoms with Crippen LogP contribution in [-0.4, -0.2) is 84.3 Å². The summed E-state index contributed by atoms with van der Waals surface area (Å²) in [4.78, 5) is 26.6. The molecule has 0 aromatic heterocycles. The molecule has 0 aliphatic carbocycles. The average molecular weight is 621 g/mol. The summed E-state index contributed by atoms with van der Waals surface area (Å²) in [7, 11) is -2.40. The molecule has 240 valence electrons. The monoisotopic (exact) mass is 620 g/mol. The van der Waals surface area contributed by atoms with E-state index in [1.807, 2.05) is 44.2 Å². The third-order valence-corrected chi connectivity index (χ3v) is 8.42. The van der Waals surface area contributed by atoms with Gasteiger partial charge in [-0.05, 0) is 56.4 Å². The van der Waals surface area contributed by atoms with Crippen LogP contribution in [0.15, 0.2) is 54.6 Å². The lowest BCUT2D eigenvalue weighted by molar-refractivity contribution is -0.126. The normalized spacial score (nSPS) is 14.3. The molecule has 0 fully saturated rings. The van der Waals surface area contributed by atoms with E-state index in [4.69, 9.17) is 4.74 Å². The van der Waals surface area contributed by atoms with E-state index >= 15 is 0 Å². The molecular weight excluding hydrogens is 572 g/mol. The van der Waals surface area contributed by atoms with Crippen molar-refractivity contribution < 1.29 is 33.0 Å². The molecular formula is C31H48N4O7S. The second-order valence-electron chi connectivity index (χ2n) is 12.4. The van der Waals surface area contributed by atoms with Crippen LogP contribution in [-0.2, 0) is 28.0 Å². The van der Waals surface area contributed by atoms with Gasteiger partial charge in [0.25, 0.3) is 10.2 Å². The van der Waals surface area contributed by atoms with Crippen molar-refractivity contribution in [1.29, 1.82) is 0 Å². The fourth-order valence-electron chi connectivity index (χ4n) is 4.52. The topological polar surface area (TPSA) is 149 Å². The Bertz CT molecular complexity index is 1270. The minimum atomic E-state index is -3.95. The van der Waals surface area contributed by atoms with Gasteiger partial charge in [0.05, 0.1) is 25.2 Å². The molecule has 0 saturated carbocycles. The standard InChI is InChI=1S/C31H48N4O7S/c1-22(2)18-35(43(40,41)33-31(4,5)6)21-28(36)27(17-24-11-9-8-10-12-24)32-29(37)23(3)19-34(30(38)39)20-25-13-15-26(42-7)16-14-25/h8-16,22-23,27-28,33,36H,17-21H2,1-7H3,(H,32,37)(H,38,39)/t23-,27?,28-/m1/s1. The number of methoxy groups -OCH3 is 1. The molecule has 43 heavy (non-hydrogen) atoms. The molecule has 11 nitrogen and oxygen atoms in total. The van der Waals surface area contributed by atoms with E-state index in [0.717, 1.165) is 16.0 Å². The SMILES string of the molecule is COc1ccc(CN(C[C@@H](C)C(=O)NC(Cc2ccccc2)[C@H](O)CN(CC(C)C)S(=O)(=O)NC(C)(C)C)C(=O)O)cc1. The number of hydrogen-bond acceptors (Lipinski definition) is 6. The minimum absolute atomic E-state index is 0.0152. The molecule has 0 radical (unpaired) electrons. The van der Waals surface area contributed by atoms with Crippen molar-refractivity contribution in [3.05, 3.63) is 65.7 Å². The molecule has 4 N–H and O–H groups in total. The summed E-state index contributed by atoms with van der Waals surface area (Å²) >= 11 is 0. The van der Waals surface area contributed by atoms with Crippen molar-refractivity contribution in [3.63, 3.8) is 0 Å². The Morgan fingerprint density at radius 1 is 0.930 bits per heavy atom. The van der Waals surface area contributed by atoms with Gasteiger partial charge in [0, 0.05) is 31.7 Å². The second kappa shape index (κ2) is 16.0. The van der Waals surface area contributed by atoms with Crippen LogP contribution in [0.2, 0.25) is 0 Å². The molecule has 0 aliphatic heterocycles. The van der Waals surface area contributed by atoms with Gasteiger partial charge in [-0.1, -0.05) is 63.2 Å². The van der Waals surface area contributed by atoms with Crippen LogP contribution in [0.25, 0.3) is 0 Å². The maximum absolute atomic E-state index is 13.4. The first-order valence-corrected chi connectivity index (χ1v) is 15.9. The molecule has 2 rings (SSSR count). The third-order valence-electron chi connectivity index (χ3n) is 6.57. The molecule has 2 amide bonds. The van der Waals surface area contributed by atoms with Crippen LogP contribution in [0.4, 0.5) is 4.79 Å². The summed E-state index contributed by atoms with van der Waals surface area (Å²) in [5, 5.41) is 24.1. The summed E-state index contributed by atoms with van der Waals surface area (Å²) in [6.45, 7) is 10.5. The fraction of sp³-hybridized carbons (Fsp3) is 0.548. The summed E-state index contributed by atoms with van der Waals surface area (Å²) in [5.41, 5.74) is 0.856. The lowest BCUT2D eigenvalue weighted by atomic mass is 9.99. The number of nitrogens with zero attached hydrogens (tertiary/aromatic N) is 2. The quantitative estimate of drug-likeness (QED) is 0.225. The van der Waals surface area contributed by atoms with E-state index in [1.165, 1.54) is 4.31 Å². The zero-order valence-corrected chi connectivity index (χ0v) is 27.1. The molecule has 0 spiro atoms. The van der Waals surface area contributed by atoms with E-state index in [0.29, 0.717) is 5.75 Å². The van der Waals surface area contributed by atoms with Gasteiger partial charge in [0.1, 0.15) is 5.75 Å². The van der Waals surface area contributed by atoms with Crippen molar-refractivity contribution >= 4 is 22.2 Å². The number of aliphatic hydroxyl groups is 1. The van der Waals surface area contributed by atoms with Crippen molar-refractivity contribution in [2.45, 2.75) is 72.2 Å². The molecule has 1 unspecified atom stereocenters. The van der Waals surface area contributed by atoms with E-state index in [2.05, 4.69) is 10.0 Å². The van der Waals surface area contributed by atoms with Crippen LogP contribution in [0, 0.1) is 11.8 Å². The number of nitrogens with one attached hydrogen (secondary N) is 2. The number of aliphatic hydroxyl groups excluding tert-OH is 1. The number of amides is 2. The average Bonchev–Trinajstić information content (AvgIpc) is 2.91. The Labute approximate surface area is 256 Å². The maximum Gasteiger partial charge on any atom is 0.407 e. The highest BCUT2D eigenvalue weighted by atomic mass is 32.2. The van der Waals surface area contributed by atoms with Gasteiger partial charge in [-0.3, -0.25) is 4.79 Å². The fourth-order valence-corrected chi connectivity index (χ4v) is 6.26. The van der Waals surface area contributed by atoms with E-state index < -0.39 is 45.8 Å². The van der Waals surface area contributed by atoms with Crippen molar-refractivity contribution in [2.75, 3.05) is 26.7 Å². The number of carbonyl (C=O) groups is 2. The number of rotatable bonds is 16. The number of hydrogen-bond donors (Lipinski definition) is 4. The van der Waals surface area contributed by atoms with Gasteiger partial charge < -0.3 is 25.2 Å². The van der Waals surface area contributed by atoms with Gasteiger partial charge in [0.2, 0.25) is 5.91 Å². The summed E-state index contributed by atoms with van der Waals surface area (Å²) in [5.74, 6) is -0.570. The molecule has 2 aromatic rings. The minimum Gasteiger partial charge on any atom is -0.497 e. The molecule has 0 saturated heterocycles. The highest BCUT2D eigenvalue weighted by molar-refractivity contribution is 7.87. The zero-order valence-electron chi connectivity index (χ0n) is 26.3. The van der Waals surface area contributed by atoms with Gasteiger partial charge in [-0.15, -0.1) is 0 Å². The molecule has 0 heterocycles. The van der Waals surface area contributed by atoms with E-state index in [-0.39, 0.29) is 38.5 Å². The first-order chi connectivity index (χ1) is 20.0. The first kappa shape index (κ1) is 36.0. The van der Waals surface area contributed by atoms with Gasteiger partial charge in [0.15, 0.2) is 0 Å². The smallest absolute Gasteiger partial charge is 0.407 e. The lowest BCUT2D eigenvalue weighted by Gasteiger charge is -2.33. The lowest BCUT2D eigenvalue weighted by Crippen LogP contribution is -2.56. The second-order valence-corrected chi connectivity index (χ2v) is 14.0. The first-order valence-electron chi connectivity index (χ1n) is 14.4. The maximum atomic E-state index is 13.4. The Kier molecular flexibility index (Phi) is 13.4. The highest BCUT2D eigenvalue weighted by Crippen LogP contribution is 2.16. The molecule has 3 atom stereocenters. The third kappa shape index (κ3) is 12.5. The molecule has 2 aromatic carbocycles. The molecule has 12 heteroatoms. The van der Waals surface area contributed by atoms with Crippen molar-refractivity contribution in [2.24, 2.45) is 11.8 Å². The van der Waals surface area contributed by atoms with Crippen LogP contribution >= 0.6 is 0 Å². The largest absolute Gasteiger partial charge is 0.497 e. The Balaban J connectivity index is 2.24. The van der Waals surface area contributed by atoms with Crippen LogP contribution < -0.4 is 14.8 Å². The van der Waals surface area contributed by atoms with Crippen LogP contribution in [0.3, 0.4) is 0 Å². The predicted molar refractivity (Wildman–Crippen MR) is 167 cm³/mol. The number of ether oxygens (including phenoxy) is 1. The molecule has 0 aliphatic rings. The van der Waals surface area contributed by atoms with E-state index in [1.54, 1.807) is 59.1 Å². The van der Waals surface area contributed by atoms with Gasteiger partial charge in [-0.25, -0.2) is 4.79 Å². The van der Waals surface area contributed by atoms with Gasteiger partial charge in [-0.2, -0.15) is 17.4 Å². The van der Waals surface area contributed by atoms with Crippen molar-refractivity contribution in [1.82, 2.24) is 19.2 Å². The van der Waals surface area contributed by atoms with Crippen molar-refractivity contribution in [3.8, 4) is 5.75 Å². The summed E-state index contributed by atoms with van der Waals surface area (Å²) < 4.78 is 35.5. The Hall–Kier alpha value is -3.19. The summed E-state index contributed by atoms with van der Waals surface area (Å²) in [6, 6.07) is 15.4.